The van der Waals surface area contributed by atoms with Gasteiger partial charge in [0.05, 0.1) is 11.5 Å². The van der Waals surface area contributed by atoms with Gasteiger partial charge >= 0.3 is 0 Å². The maximum absolute atomic E-state index is 11.4. The Hall–Kier alpha value is -1.34. The summed E-state index contributed by atoms with van der Waals surface area (Å²) in [6.07, 6.45) is 1.62. The molecule has 1 aromatic heterocycles. The second-order valence-electron chi connectivity index (χ2n) is 3.73. The van der Waals surface area contributed by atoms with E-state index in [-0.39, 0.29) is 36.2 Å². The van der Waals surface area contributed by atoms with Crippen molar-refractivity contribution in [1.82, 2.24) is 0 Å². The average Bonchev–Trinajstić information content (AvgIpc) is 2.31. The van der Waals surface area contributed by atoms with Crippen molar-refractivity contribution in [2.24, 2.45) is 0 Å². The Labute approximate surface area is 105 Å². The van der Waals surface area contributed by atoms with Crippen molar-refractivity contribution in [3.63, 3.8) is 0 Å². The number of rotatable bonds is 7. The highest BCUT2D eigenvalue weighted by Crippen LogP contribution is 2.06. The molecule has 1 rings (SSSR count). The van der Waals surface area contributed by atoms with Crippen LogP contribution in [-0.2, 0) is 16.4 Å². The minimum absolute atomic E-state index is 0.0566. The molecule has 102 valence electrons. The van der Waals surface area contributed by atoms with Gasteiger partial charge in [-0.1, -0.05) is 6.92 Å². The van der Waals surface area contributed by atoms with E-state index >= 15 is 0 Å². The predicted molar refractivity (Wildman–Crippen MR) is 65.3 cm³/mol. The van der Waals surface area contributed by atoms with Gasteiger partial charge in [-0.2, -0.15) is 0 Å². The van der Waals surface area contributed by atoms with Crippen molar-refractivity contribution in [1.29, 1.82) is 0 Å². The van der Waals surface area contributed by atoms with Crippen molar-refractivity contribution < 1.29 is 22.7 Å². The Morgan fingerprint density at radius 3 is 2.67 bits per heavy atom. The van der Waals surface area contributed by atoms with Crippen LogP contribution >= 0.6 is 0 Å². The maximum atomic E-state index is 11.4. The van der Waals surface area contributed by atoms with Crippen LogP contribution in [0.5, 0.6) is 5.75 Å². The fraction of sp³-hybridized carbons (Fsp3) is 0.545. The third-order valence-corrected chi connectivity index (χ3v) is 3.99. The highest BCUT2D eigenvalue weighted by Gasteiger charge is 2.10. The van der Waals surface area contributed by atoms with E-state index in [2.05, 4.69) is 0 Å². The zero-order valence-corrected chi connectivity index (χ0v) is 10.9. The molecule has 1 N–H and O–H groups in total. The van der Waals surface area contributed by atoms with Crippen LogP contribution in [0.4, 0.5) is 0 Å². The monoisotopic (exact) mass is 276 g/mol. The largest absolute Gasteiger partial charge is 0.486 e. The van der Waals surface area contributed by atoms with E-state index in [0.29, 0.717) is 6.42 Å². The van der Waals surface area contributed by atoms with Gasteiger partial charge in [0.25, 0.3) is 0 Å². The summed E-state index contributed by atoms with van der Waals surface area (Å²) in [5.41, 5.74) is -0.446. The molecule has 0 saturated heterocycles. The van der Waals surface area contributed by atoms with Gasteiger partial charge in [0.1, 0.15) is 25.2 Å². The molecule has 0 aliphatic rings. The molecule has 0 aliphatic carbocycles. The molecule has 0 aromatic carbocycles. The molecular weight excluding hydrogens is 260 g/mol. The fourth-order valence-electron chi connectivity index (χ4n) is 1.32. The highest BCUT2D eigenvalue weighted by atomic mass is 32.2. The SMILES string of the molecule is CCCS(=O)(=O)CCOc1coc(CO)cc1=O. The number of hydrogen-bond acceptors (Lipinski definition) is 6. The second-order valence-corrected chi connectivity index (χ2v) is 6.04. The van der Waals surface area contributed by atoms with Gasteiger partial charge in [-0.05, 0) is 6.42 Å². The Morgan fingerprint density at radius 2 is 2.11 bits per heavy atom. The summed E-state index contributed by atoms with van der Waals surface area (Å²) in [5.74, 6) is 0.0426. The van der Waals surface area contributed by atoms with E-state index in [1.54, 1.807) is 6.92 Å². The number of aliphatic hydroxyl groups is 1. The van der Waals surface area contributed by atoms with E-state index in [9.17, 15) is 13.2 Å². The van der Waals surface area contributed by atoms with Crippen LogP contribution in [0.1, 0.15) is 19.1 Å². The summed E-state index contributed by atoms with van der Waals surface area (Å²) in [6, 6.07) is 1.11. The first-order valence-electron chi connectivity index (χ1n) is 5.54. The Kier molecular flexibility index (Phi) is 5.36. The lowest BCUT2D eigenvalue weighted by Gasteiger charge is -2.05. The average molecular weight is 276 g/mol. The number of sulfone groups is 1. The Morgan fingerprint density at radius 1 is 1.39 bits per heavy atom. The lowest BCUT2D eigenvalue weighted by molar-refractivity contribution is 0.238. The number of aliphatic hydroxyl groups excluding tert-OH is 1. The first-order chi connectivity index (χ1) is 8.48. The number of hydrogen-bond donors (Lipinski definition) is 1. The number of ether oxygens (including phenoxy) is 1. The van der Waals surface area contributed by atoms with Crippen molar-refractivity contribution in [3.05, 3.63) is 28.3 Å². The maximum Gasteiger partial charge on any atom is 0.227 e. The van der Waals surface area contributed by atoms with Crippen LogP contribution in [-0.4, -0.2) is 31.6 Å². The summed E-state index contributed by atoms with van der Waals surface area (Å²) in [5, 5.41) is 8.74. The van der Waals surface area contributed by atoms with Gasteiger partial charge in [-0.25, -0.2) is 8.42 Å². The molecule has 0 radical (unpaired) electrons. The Balaban J connectivity index is 2.57. The van der Waals surface area contributed by atoms with Gasteiger partial charge in [0.2, 0.25) is 11.2 Å². The summed E-state index contributed by atoms with van der Waals surface area (Å²) in [7, 11) is -3.13. The zero-order valence-electron chi connectivity index (χ0n) is 10.1. The summed E-state index contributed by atoms with van der Waals surface area (Å²) < 4.78 is 32.7. The van der Waals surface area contributed by atoms with Gasteiger partial charge < -0.3 is 14.3 Å². The van der Waals surface area contributed by atoms with Crippen LogP contribution in [0.25, 0.3) is 0 Å². The van der Waals surface area contributed by atoms with Crippen LogP contribution < -0.4 is 10.2 Å². The van der Waals surface area contributed by atoms with E-state index < -0.39 is 15.3 Å². The molecule has 0 atom stereocenters. The van der Waals surface area contributed by atoms with Crippen LogP contribution in [0.2, 0.25) is 0 Å². The van der Waals surface area contributed by atoms with Crippen molar-refractivity contribution in [2.75, 3.05) is 18.1 Å². The van der Waals surface area contributed by atoms with Crippen molar-refractivity contribution in [2.45, 2.75) is 20.0 Å². The second kappa shape index (κ2) is 6.55. The van der Waals surface area contributed by atoms with Crippen LogP contribution in [0, 0.1) is 0 Å². The third kappa shape index (κ3) is 4.50. The van der Waals surface area contributed by atoms with Crippen molar-refractivity contribution in [3.8, 4) is 5.75 Å². The molecule has 0 bridgehead atoms. The van der Waals surface area contributed by atoms with Gasteiger partial charge in [-0.3, -0.25) is 4.79 Å². The van der Waals surface area contributed by atoms with Crippen molar-refractivity contribution >= 4 is 9.84 Å². The molecule has 0 fully saturated rings. The molecule has 7 heteroatoms. The summed E-state index contributed by atoms with van der Waals surface area (Å²) in [6.45, 7) is 1.31. The minimum atomic E-state index is -3.13. The minimum Gasteiger partial charge on any atom is -0.486 e. The van der Waals surface area contributed by atoms with E-state index in [1.165, 1.54) is 0 Å². The highest BCUT2D eigenvalue weighted by molar-refractivity contribution is 7.91. The quantitative estimate of drug-likeness (QED) is 0.771. The molecule has 6 nitrogen and oxygen atoms in total. The summed E-state index contributed by atoms with van der Waals surface area (Å²) in [4.78, 5) is 11.4. The van der Waals surface area contributed by atoms with E-state index in [1.807, 2.05) is 0 Å². The topological polar surface area (TPSA) is 93.8 Å². The lowest BCUT2D eigenvalue weighted by Crippen LogP contribution is -2.18. The fourth-order valence-corrected chi connectivity index (χ4v) is 2.48. The van der Waals surface area contributed by atoms with E-state index in [4.69, 9.17) is 14.3 Å². The van der Waals surface area contributed by atoms with Gasteiger partial charge in [0, 0.05) is 6.07 Å². The predicted octanol–water partition coefficient (Wildman–Crippen LogP) is 0.336. The molecule has 1 aromatic rings. The van der Waals surface area contributed by atoms with Crippen LogP contribution in [0.3, 0.4) is 0 Å². The Bertz CT molecular complexity index is 531. The van der Waals surface area contributed by atoms with E-state index in [0.717, 1.165) is 12.3 Å². The zero-order chi connectivity index (χ0) is 13.6. The summed E-state index contributed by atoms with van der Waals surface area (Å²) >= 11 is 0. The normalized spacial score (nSPS) is 11.4. The molecule has 18 heavy (non-hydrogen) atoms. The first-order valence-corrected chi connectivity index (χ1v) is 7.36. The molecule has 1 heterocycles. The molecule has 0 unspecified atom stereocenters. The molecule has 0 amide bonds. The molecule has 0 aliphatic heterocycles. The molecule has 0 spiro atoms. The van der Waals surface area contributed by atoms with Gasteiger partial charge in [0.15, 0.2) is 9.84 Å². The smallest absolute Gasteiger partial charge is 0.227 e. The third-order valence-electron chi connectivity index (χ3n) is 2.18. The van der Waals surface area contributed by atoms with Gasteiger partial charge in [-0.15, -0.1) is 0 Å². The first kappa shape index (κ1) is 14.7. The molecule has 0 saturated carbocycles. The lowest BCUT2D eigenvalue weighted by atomic mass is 10.4. The molecular formula is C11H16O6S. The standard InChI is InChI=1S/C11H16O6S/c1-2-4-18(14,15)5-3-16-11-8-17-9(7-12)6-10(11)13/h6,8,12H,2-5,7H2,1H3. The van der Waals surface area contributed by atoms with Crippen LogP contribution in [0.15, 0.2) is 21.5 Å².